The topological polar surface area (TPSA) is 35.3 Å². The van der Waals surface area contributed by atoms with Gasteiger partial charge in [-0.1, -0.05) is 47.6 Å². The number of benzene rings is 2. The van der Waals surface area contributed by atoms with Crippen LogP contribution in [0.3, 0.4) is 0 Å². The van der Waals surface area contributed by atoms with Gasteiger partial charge in [0.05, 0.1) is 12.9 Å². The molecule has 3 rings (SSSR count). The molecule has 1 heterocycles. The monoisotopic (exact) mass is 297 g/mol. The predicted octanol–water partition coefficient (Wildman–Crippen LogP) is 4.64. The van der Waals surface area contributed by atoms with Crippen LogP contribution in [-0.2, 0) is 5.75 Å². The highest BCUT2D eigenvalue weighted by atomic mass is 32.2. The Kier molecular flexibility index (Phi) is 4.26. The molecule has 2 aromatic carbocycles. The summed E-state index contributed by atoms with van der Waals surface area (Å²) in [5.41, 5.74) is 1.93. The van der Waals surface area contributed by atoms with E-state index in [2.05, 4.69) is 5.16 Å². The molecule has 0 saturated heterocycles. The maximum atomic E-state index is 5.40. The van der Waals surface area contributed by atoms with Crippen LogP contribution in [0.2, 0.25) is 0 Å². The van der Waals surface area contributed by atoms with Crippen molar-refractivity contribution in [3.05, 3.63) is 66.4 Å². The second kappa shape index (κ2) is 6.50. The summed E-state index contributed by atoms with van der Waals surface area (Å²) in [4.78, 5) is 1.10. The quantitative estimate of drug-likeness (QED) is 0.642. The largest absolute Gasteiger partial charge is 0.496 e. The van der Waals surface area contributed by atoms with Crippen LogP contribution in [0.15, 0.2) is 70.1 Å². The zero-order valence-electron chi connectivity index (χ0n) is 11.7. The number of rotatable bonds is 5. The van der Waals surface area contributed by atoms with Crippen LogP contribution in [0.5, 0.6) is 5.75 Å². The number of thioether (sulfide) groups is 1. The van der Waals surface area contributed by atoms with Crippen molar-refractivity contribution in [1.82, 2.24) is 5.16 Å². The van der Waals surface area contributed by atoms with Crippen molar-refractivity contribution in [1.29, 1.82) is 0 Å². The third-order valence-corrected chi connectivity index (χ3v) is 4.14. The zero-order valence-corrected chi connectivity index (χ0v) is 12.5. The van der Waals surface area contributed by atoms with Crippen LogP contribution in [0, 0.1) is 0 Å². The number of hydrogen-bond acceptors (Lipinski definition) is 4. The first-order chi connectivity index (χ1) is 10.4. The average molecular weight is 297 g/mol. The minimum absolute atomic E-state index is 0.722. The van der Waals surface area contributed by atoms with Gasteiger partial charge in [0.2, 0.25) is 0 Å². The molecule has 3 nitrogen and oxygen atoms in total. The molecule has 1 aromatic heterocycles. The van der Waals surface area contributed by atoms with E-state index in [1.165, 1.54) is 0 Å². The summed E-state index contributed by atoms with van der Waals surface area (Å²) in [5, 5.41) is 4.12. The molecule has 0 amide bonds. The maximum absolute atomic E-state index is 5.40. The van der Waals surface area contributed by atoms with Gasteiger partial charge < -0.3 is 9.26 Å². The summed E-state index contributed by atoms with van der Waals surface area (Å²) in [7, 11) is 1.68. The average Bonchev–Trinajstić information content (AvgIpc) is 3.03. The summed E-state index contributed by atoms with van der Waals surface area (Å²) in [6.07, 6.45) is 0. The molecule has 0 atom stereocenters. The van der Waals surface area contributed by atoms with E-state index in [1.807, 2.05) is 60.7 Å². The standard InChI is InChI=1S/C17H15NO2S/c1-19-16-9-5-6-10-17(16)21-12-14-11-15(18-20-14)13-7-3-2-4-8-13/h2-11H,12H2,1H3. The fourth-order valence-corrected chi connectivity index (χ4v) is 2.92. The molecule has 4 heteroatoms. The molecule has 0 fully saturated rings. The highest BCUT2D eigenvalue weighted by molar-refractivity contribution is 7.98. The minimum atomic E-state index is 0.722. The van der Waals surface area contributed by atoms with Crippen molar-refractivity contribution in [2.45, 2.75) is 10.6 Å². The lowest BCUT2D eigenvalue weighted by atomic mass is 10.1. The van der Waals surface area contributed by atoms with E-state index in [0.29, 0.717) is 0 Å². The smallest absolute Gasteiger partial charge is 0.147 e. The van der Waals surface area contributed by atoms with Gasteiger partial charge in [0.25, 0.3) is 0 Å². The number of para-hydroxylation sites is 1. The number of hydrogen-bond donors (Lipinski definition) is 0. The highest BCUT2D eigenvalue weighted by Crippen LogP contribution is 2.32. The van der Waals surface area contributed by atoms with Crippen molar-refractivity contribution in [3.8, 4) is 17.0 Å². The van der Waals surface area contributed by atoms with Crippen LogP contribution in [-0.4, -0.2) is 12.3 Å². The Morgan fingerprint density at radius 1 is 1.05 bits per heavy atom. The van der Waals surface area contributed by atoms with E-state index in [1.54, 1.807) is 18.9 Å². The Balaban J connectivity index is 1.71. The van der Waals surface area contributed by atoms with E-state index in [9.17, 15) is 0 Å². The minimum Gasteiger partial charge on any atom is -0.496 e. The van der Waals surface area contributed by atoms with E-state index >= 15 is 0 Å². The summed E-state index contributed by atoms with van der Waals surface area (Å²) >= 11 is 1.67. The van der Waals surface area contributed by atoms with Gasteiger partial charge in [-0.25, -0.2) is 0 Å². The van der Waals surface area contributed by atoms with Gasteiger partial charge in [0.15, 0.2) is 0 Å². The van der Waals surface area contributed by atoms with Crippen molar-refractivity contribution in [2.75, 3.05) is 7.11 Å². The Morgan fingerprint density at radius 2 is 1.81 bits per heavy atom. The van der Waals surface area contributed by atoms with Gasteiger partial charge in [-0.2, -0.15) is 0 Å². The van der Waals surface area contributed by atoms with E-state index in [4.69, 9.17) is 9.26 Å². The molecule has 0 spiro atoms. The molecule has 0 unspecified atom stereocenters. The number of methoxy groups -OCH3 is 1. The molecule has 0 radical (unpaired) electrons. The van der Waals surface area contributed by atoms with Crippen LogP contribution >= 0.6 is 11.8 Å². The zero-order chi connectivity index (χ0) is 14.5. The SMILES string of the molecule is COc1ccccc1SCc1cc(-c2ccccc2)no1. The summed E-state index contributed by atoms with van der Waals surface area (Å²) < 4.78 is 10.7. The second-order valence-electron chi connectivity index (χ2n) is 4.48. The summed E-state index contributed by atoms with van der Waals surface area (Å²) in [6.45, 7) is 0. The Morgan fingerprint density at radius 3 is 2.62 bits per heavy atom. The first-order valence-corrected chi connectivity index (χ1v) is 7.62. The number of nitrogens with zero attached hydrogens (tertiary/aromatic N) is 1. The Labute approximate surface area is 127 Å². The lowest BCUT2D eigenvalue weighted by molar-refractivity contribution is 0.396. The lowest BCUT2D eigenvalue weighted by Gasteiger charge is -2.05. The van der Waals surface area contributed by atoms with Crippen LogP contribution in [0.4, 0.5) is 0 Å². The van der Waals surface area contributed by atoms with Gasteiger partial charge in [0.1, 0.15) is 17.2 Å². The molecule has 0 N–H and O–H groups in total. The Hall–Kier alpha value is -2.20. The molecule has 0 aliphatic carbocycles. The van der Waals surface area contributed by atoms with Gasteiger partial charge >= 0.3 is 0 Å². The molecule has 106 valence electrons. The molecule has 0 aliphatic heterocycles. The normalized spacial score (nSPS) is 10.5. The van der Waals surface area contributed by atoms with Crippen molar-refractivity contribution in [2.24, 2.45) is 0 Å². The van der Waals surface area contributed by atoms with E-state index < -0.39 is 0 Å². The molecule has 3 aromatic rings. The van der Waals surface area contributed by atoms with Gasteiger partial charge in [0, 0.05) is 16.5 Å². The lowest BCUT2D eigenvalue weighted by Crippen LogP contribution is -1.85. The Bertz CT molecular complexity index is 710. The van der Waals surface area contributed by atoms with Crippen LogP contribution in [0.25, 0.3) is 11.3 Å². The first kappa shape index (κ1) is 13.8. The summed E-state index contributed by atoms with van der Waals surface area (Å²) in [6, 6.07) is 20.0. The van der Waals surface area contributed by atoms with Gasteiger partial charge in [-0.3, -0.25) is 0 Å². The molecule has 0 aliphatic rings. The third kappa shape index (κ3) is 3.28. The van der Waals surface area contributed by atoms with E-state index in [-0.39, 0.29) is 0 Å². The first-order valence-electron chi connectivity index (χ1n) is 6.63. The van der Waals surface area contributed by atoms with Gasteiger partial charge in [-0.05, 0) is 12.1 Å². The molecule has 21 heavy (non-hydrogen) atoms. The third-order valence-electron chi connectivity index (χ3n) is 3.07. The van der Waals surface area contributed by atoms with Crippen molar-refractivity contribution in [3.63, 3.8) is 0 Å². The highest BCUT2D eigenvalue weighted by Gasteiger charge is 2.08. The molecular weight excluding hydrogens is 282 g/mol. The molecule has 0 bridgehead atoms. The van der Waals surface area contributed by atoms with Gasteiger partial charge in [-0.15, -0.1) is 11.8 Å². The van der Waals surface area contributed by atoms with Crippen LogP contribution in [0.1, 0.15) is 5.76 Å². The number of ether oxygens (including phenoxy) is 1. The summed E-state index contributed by atoms with van der Waals surface area (Å²) in [5.74, 6) is 2.45. The van der Waals surface area contributed by atoms with Crippen molar-refractivity contribution >= 4 is 11.8 Å². The van der Waals surface area contributed by atoms with E-state index in [0.717, 1.165) is 33.4 Å². The molecule has 0 saturated carbocycles. The fourth-order valence-electron chi connectivity index (χ4n) is 2.01. The maximum Gasteiger partial charge on any atom is 0.147 e. The van der Waals surface area contributed by atoms with Crippen LogP contribution < -0.4 is 4.74 Å². The predicted molar refractivity (Wildman–Crippen MR) is 84.5 cm³/mol. The second-order valence-corrected chi connectivity index (χ2v) is 5.50. The number of aromatic nitrogens is 1. The fraction of sp³-hybridized carbons (Fsp3) is 0.118. The van der Waals surface area contributed by atoms with Crippen molar-refractivity contribution < 1.29 is 9.26 Å². The molecular formula is C17H15NO2S.